The second-order valence-electron chi connectivity index (χ2n) is 8.06. The minimum atomic E-state index is -0.675. The summed E-state index contributed by atoms with van der Waals surface area (Å²) in [6, 6.07) is 10.3. The summed E-state index contributed by atoms with van der Waals surface area (Å²) in [6.45, 7) is 1.30. The SMILES string of the molecule is C[C@@H]1C=CC[C@H]2C(=O)N(N(CC(=O)c3ccc(Cl)cc3Cl)C(=O)c3ccc(Cl)cc3)C(=O)[C@@H]12. The number of benzene rings is 2. The summed E-state index contributed by atoms with van der Waals surface area (Å²) in [7, 11) is 0. The molecule has 3 atom stereocenters. The van der Waals surface area contributed by atoms with Crippen molar-refractivity contribution in [2.75, 3.05) is 6.54 Å². The average Bonchev–Trinajstić information content (AvgIpc) is 3.03. The smallest absolute Gasteiger partial charge is 0.273 e. The fraction of sp³-hybridized carbons (Fsp3) is 0.250. The largest absolute Gasteiger partial charge is 0.292 e. The van der Waals surface area contributed by atoms with Gasteiger partial charge < -0.3 is 0 Å². The van der Waals surface area contributed by atoms with Crippen LogP contribution in [-0.4, -0.2) is 40.1 Å². The van der Waals surface area contributed by atoms with E-state index in [9.17, 15) is 19.2 Å². The molecule has 170 valence electrons. The molecule has 2 aliphatic rings. The Labute approximate surface area is 205 Å². The molecule has 4 rings (SSSR count). The Morgan fingerprint density at radius 2 is 1.67 bits per heavy atom. The highest BCUT2D eigenvalue weighted by Gasteiger charge is 2.53. The fourth-order valence-corrected chi connectivity index (χ4v) is 4.92. The minimum absolute atomic E-state index is 0.108. The van der Waals surface area contributed by atoms with Gasteiger partial charge in [-0.3, -0.25) is 19.2 Å². The molecule has 0 N–H and O–H groups in total. The molecule has 1 aliphatic carbocycles. The van der Waals surface area contributed by atoms with Crippen molar-refractivity contribution < 1.29 is 19.2 Å². The Morgan fingerprint density at radius 1 is 1.00 bits per heavy atom. The van der Waals surface area contributed by atoms with Crippen molar-refractivity contribution in [2.24, 2.45) is 17.8 Å². The van der Waals surface area contributed by atoms with Gasteiger partial charge in [0.15, 0.2) is 5.78 Å². The maximum atomic E-state index is 13.4. The number of fused-ring (bicyclic) bond motifs is 1. The van der Waals surface area contributed by atoms with Crippen molar-refractivity contribution in [3.05, 3.63) is 80.8 Å². The summed E-state index contributed by atoms with van der Waals surface area (Å²) >= 11 is 18.0. The summed E-state index contributed by atoms with van der Waals surface area (Å²) in [4.78, 5) is 53.1. The van der Waals surface area contributed by atoms with Gasteiger partial charge in [0, 0.05) is 21.2 Å². The number of amides is 3. The third-order valence-corrected chi connectivity index (χ3v) is 6.74. The highest BCUT2D eigenvalue weighted by atomic mass is 35.5. The molecule has 0 aromatic heterocycles. The fourth-order valence-electron chi connectivity index (χ4n) is 4.28. The van der Waals surface area contributed by atoms with Gasteiger partial charge in [0.05, 0.1) is 16.9 Å². The van der Waals surface area contributed by atoms with Gasteiger partial charge in [0.1, 0.15) is 6.54 Å². The van der Waals surface area contributed by atoms with E-state index in [-0.39, 0.29) is 22.1 Å². The Morgan fingerprint density at radius 3 is 2.30 bits per heavy atom. The number of imide groups is 1. The molecule has 1 heterocycles. The minimum Gasteiger partial charge on any atom is -0.292 e. The molecule has 3 amide bonds. The van der Waals surface area contributed by atoms with E-state index in [1.54, 1.807) is 0 Å². The van der Waals surface area contributed by atoms with Crippen LogP contribution in [0.3, 0.4) is 0 Å². The Bertz CT molecular complexity index is 1180. The topological polar surface area (TPSA) is 74.8 Å². The third-order valence-electron chi connectivity index (χ3n) is 5.94. The standard InChI is InChI=1S/C24H19Cl3N2O4/c1-13-3-2-4-18-21(13)24(33)29(23(18)32)28(22(31)14-5-7-15(25)8-6-14)12-20(30)17-10-9-16(26)11-19(17)27/h2-3,5-11,13,18,21H,4,12H2,1H3/t13-,18-,21+/m1/s1. The third kappa shape index (κ3) is 4.43. The van der Waals surface area contributed by atoms with E-state index in [0.717, 1.165) is 10.0 Å². The quantitative estimate of drug-likeness (QED) is 0.322. The molecule has 2 aromatic carbocycles. The monoisotopic (exact) mass is 504 g/mol. The molecule has 1 aliphatic heterocycles. The number of nitrogens with zero attached hydrogens (tertiary/aromatic N) is 2. The van der Waals surface area contributed by atoms with Crippen LogP contribution in [0.1, 0.15) is 34.1 Å². The average molecular weight is 506 g/mol. The van der Waals surface area contributed by atoms with Crippen LogP contribution < -0.4 is 0 Å². The van der Waals surface area contributed by atoms with Crippen molar-refractivity contribution >= 4 is 58.3 Å². The van der Waals surface area contributed by atoms with Gasteiger partial charge in [0.2, 0.25) is 0 Å². The summed E-state index contributed by atoms with van der Waals surface area (Å²) < 4.78 is 0. The molecule has 1 fully saturated rings. The Balaban J connectivity index is 1.72. The lowest BCUT2D eigenvalue weighted by atomic mass is 9.78. The zero-order valence-corrected chi connectivity index (χ0v) is 19.8. The number of carbonyl (C=O) groups excluding carboxylic acids is 4. The lowest BCUT2D eigenvalue weighted by Crippen LogP contribution is -2.52. The zero-order valence-electron chi connectivity index (χ0n) is 17.5. The van der Waals surface area contributed by atoms with E-state index < -0.39 is 41.9 Å². The Hall–Kier alpha value is -2.67. The zero-order chi connectivity index (χ0) is 23.9. The van der Waals surface area contributed by atoms with Crippen molar-refractivity contribution in [3.63, 3.8) is 0 Å². The second-order valence-corrected chi connectivity index (χ2v) is 9.34. The van der Waals surface area contributed by atoms with E-state index in [1.165, 1.54) is 42.5 Å². The number of rotatable bonds is 5. The maximum Gasteiger partial charge on any atom is 0.273 e. The molecule has 0 radical (unpaired) electrons. The molecule has 1 saturated heterocycles. The lowest BCUT2D eigenvalue weighted by molar-refractivity contribution is -0.154. The first-order valence-electron chi connectivity index (χ1n) is 10.3. The normalized spacial score (nSPS) is 21.8. The van der Waals surface area contributed by atoms with Gasteiger partial charge in [-0.1, -0.05) is 53.9 Å². The predicted molar refractivity (Wildman–Crippen MR) is 125 cm³/mol. The molecule has 6 nitrogen and oxygen atoms in total. The van der Waals surface area contributed by atoms with Gasteiger partial charge in [0.25, 0.3) is 17.7 Å². The Kier molecular flexibility index (Phi) is 6.61. The molecule has 0 spiro atoms. The number of ketones is 1. The number of carbonyl (C=O) groups is 4. The highest BCUT2D eigenvalue weighted by molar-refractivity contribution is 6.37. The van der Waals surface area contributed by atoms with E-state index in [2.05, 4.69) is 0 Å². The highest BCUT2D eigenvalue weighted by Crippen LogP contribution is 2.39. The number of hydrogen-bond donors (Lipinski definition) is 0. The molecule has 2 aromatic rings. The summed E-state index contributed by atoms with van der Waals surface area (Å²) in [5, 5.41) is 2.61. The van der Waals surface area contributed by atoms with Gasteiger partial charge in [-0.15, -0.1) is 0 Å². The van der Waals surface area contributed by atoms with E-state index in [4.69, 9.17) is 34.8 Å². The molecule has 33 heavy (non-hydrogen) atoms. The van der Waals surface area contributed by atoms with Crippen LogP contribution in [0.5, 0.6) is 0 Å². The molecule has 0 unspecified atom stereocenters. The number of Topliss-reactive ketones (excluding diaryl/α,β-unsaturated/α-hetero) is 1. The number of hydrazine groups is 1. The van der Waals surface area contributed by atoms with E-state index in [1.807, 2.05) is 19.1 Å². The molecular weight excluding hydrogens is 487 g/mol. The van der Waals surface area contributed by atoms with Gasteiger partial charge in [-0.25, -0.2) is 5.01 Å². The number of halogens is 3. The van der Waals surface area contributed by atoms with Crippen LogP contribution in [0.2, 0.25) is 15.1 Å². The van der Waals surface area contributed by atoms with Crippen LogP contribution in [-0.2, 0) is 9.59 Å². The summed E-state index contributed by atoms with van der Waals surface area (Å²) in [5.41, 5.74) is 0.303. The lowest BCUT2D eigenvalue weighted by Gasteiger charge is -2.30. The van der Waals surface area contributed by atoms with E-state index in [0.29, 0.717) is 16.5 Å². The van der Waals surface area contributed by atoms with Crippen molar-refractivity contribution in [3.8, 4) is 0 Å². The predicted octanol–water partition coefficient (Wildman–Crippen LogP) is 5.08. The summed E-state index contributed by atoms with van der Waals surface area (Å²) in [5.74, 6) is -3.55. The number of hydrogen-bond acceptors (Lipinski definition) is 4. The second kappa shape index (κ2) is 9.29. The number of allylic oxidation sites excluding steroid dienone is 2. The van der Waals surface area contributed by atoms with E-state index >= 15 is 0 Å². The molecule has 0 saturated carbocycles. The first-order chi connectivity index (χ1) is 15.7. The first kappa shape index (κ1) is 23.5. The van der Waals surface area contributed by atoms with Crippen LogP contribution in [0.4, 0.5) is 0 Å². The van der Waals surface area contributed by atoms with Crippen LogP contribution in [0.25, 0.3) is 0 Å². The van der Waals surface area contributed by atoms with Crippen LogP contribution in [0, 0.1) is 17.8 Å². The van der Waals surface area contributed by atoms with Gasteiger partial charge >= 0.3 is 0 Å². The van der Waals surface area contributed by atoms with Crippen molar-refractivity contribution in [1.82, 2.24) is 10.0 Å². The molecular formula is C24H19Cl3N2O4. The van der Waals surface area contributed by atoms with Gasteiger partial charge in [-0.05, 0) is 54.8 Å². The maximum absolute atomic E-state index is 13.4. The van der Waals surface area contributed by atoms with Crippen molar-refractivity contribution in [1.29, 1.82) is 0 Å². The first-order valence-corrected chi connectivity index (χ1v) is 11.4. The molecule has 0 bridgehead atoms. The van der Waals surface area contributed by atoms with Gasteiger partial charge in [-0.2, -0.15) is 5.01 Å². The summed E-state index contributed by atoms with van der Waals surface area (Å²) in [6.07, 6.45) is 4.15. The van der Waals surface area contributed by atoms with Crippen molar-refractivity contribution in [2.45, 2.75) is 13.3 Å². The van der Waals surface area contributed by atoms with Crippen LogP contribution in [0.15, 0.2) is 54.6 Å². The van der Waals surface area contributed by atoms with Crippen LogP contribution >= 0.6 is 34.8 Å². The molecule has 9 heteroatoms.